The van der Waals surface area contributed by atoms with Crippen LogP contribution in [-0.2, 0) is 14.3 Å². The van der Waals surface area contributed by atoms with Gasteiger partial charge in [-0.3, -0.25) is 4.79 Å². The van der Waals surface area contributed by atoms with Crippen molar-refractivity contribution in [2.24, 2.45) is 0 Å². The number of fused-ring (bicyclic) bond motifs is 3. The first kappa shape index (κ1) is 11.4. The van der Waals surface area contributed by atoms with E-state index >= 15 is 0 Å². The highest BCUT2D eigenvalue weighted by Crippen LogP contribution is 2.52. The highest BCUT2D eigenvalue weighted by molar-refractivity contribution is 5.76. The van der Waals surface area contributed by atoms with Crippen LogP contribution in [0.2, 0.25) is 0 Å². The van der Waals surface area contributed by atoms with Crippen molar-refractivity contribution in [3.63, 3.8) is 0 Å². The van der Waals surface area contributed by atoms with Crippen LogP contribution >= 0.6 is 0 Å². The molecule has 1 amide bonds. The molecule has 0 aliphatic carbocycles. The fourth-order valence-corrected chi connectivity index (χ4v) is 3.51. The summed E-state index contributed by atoms with van der Waals surface area (Å²) >= 11 is 0. The molecule has 3 aliphatic rings. The number of nitrogens with zero attached hydrogens (tertiary/aromatic N) is 1. The first-order chi connectivity index (χ1) is 8.04. The van der Waals surface area contributed by atoms with Gasteiger partial charge < -0.3 is 19.5 Å². The predicted octanol–water partition coefficient (Wildman–Crippen LogP) is -0.0871. The average Bonchev–Trinajstić information content (AvgIpc) is 3.06. The van der Waals surface area contributed by atoms with Gasteiger partial charge in [0.25, 0.3) is 0 Å². The number of hydrogen-bond donors (Lipinski definition) is 1. The topological polar surface area (TPSA) is 62.3 Å². The summed E-state index contributed by atoms with van der Waals surface area (Å²) in [7, 11) is 0. The summed E-state index contributed by atoms with van der Waals surface area (Å²) in [5.41, 5.74) is -0.249. The van der Waals surface area contributed by atoms with Crippen molar-refractivity contribution < 1.29 is 19.4 Å². The average molecular weight is 241 g/mol. The molecule has 3 fully saturated rings. The molecule has 3 rings (SSSR count). The van der Waals surface area contributed by atoms with Crippen LogP contribution in [0.15, 0.2) is 0 Å². The maximum absolute atomic E-state index is 11.7. The van der Waals surface area contributed by atoms with Gasteiger partial charge in [-0.25, -0.2) is 0 Å². The van der Waals surface area contributed by atoms with E-state index in [0.717, 1.165) is 6.42 Å². The molecule has 3 aliphatic heterocycles. The van der Waals surface area contributed by atoms with E-state index in [1.54, 1.807) is 6.92 Å². The lowest BCUT2D eigenvalue weighted by atomic mass is 9.71. The molecule has 0 spiro atoms. The number of carbonyl (C=O) groups excluding carboxylic acids is 1. The van der Waals surface area contributed by atoms with E-state index in [4.69, 9.17) is 9.47 Å². The lowest BCUT2D eigenvalue weighted by Crippen LogP contribution is -2.80. The largest absolute Gasteiger partial charge is 0.394 e. The van der Waals surface area contributed by atoms with Gasteiger partial charge in [0.15, 0.2) is 0 Å². The fraction of sp³-hybridized carbons (Fsp3) is 0.917. The Balaban J connectivity index is 1.86. The molecule has 5 heteroatoms. The number of likely N-dealkylation sites (tertiary alicyclic amines) is 1. The van der Waals surface area contributed by atoms with Gasteiger partial charge in [-0.15, -0.1) is 0 Å². The van der Waals surface area contributed by atoms with Crippen LogP contribution in [0, 0.1) is 0 Å². The van der Waals surface area contributed by atoms with Crippen LogP contribution < -0.4 is 0 Å². The van der Waals surface area contributed by atoms with Gasteiger partial charge in [0.1, 0.15) is 24.4 Å². The molecule has 96 valence electrons. The summed E-state index contributed by atoms with van der Waals surface area (Å²) in [5, 5.41) is 9.25. The number of hydrogen-bond acceptors (Lipinski definition) is 4. The molecule has 6 atom stereocenters. The van der Waals surface area contributed by atoms with Gasteiger partial charge in [0.2, 0.25) is 5.91 Å². The molecular weight excluding hydrogens is 222 g/mol. The third-order valence-corrected chi connectivity index (χ3v) is 4.59. The quantitative estimate of drug-likeness (QED) is 0.686. The zero-order valence-corrected chi connectivity index (χ0v) is 10.4. The highest BCUT2D eigenvalue weighted by atomic mass is 16.6. The number of aliphatic hydroxyl groups excluding tert-OH is 1. The second kappa shape index (κ2) is 3.43. The van der Waals surface area contributed by atoms with Crippen LogP contribution in [0.1, 0.15) is 27.2 Å². The zero-order valence-electron chi connectivity index (χ0n) is 10.4. The summed E-state index contributed by atoms with van der Waals surface area (Å²) in [6.07, 6.45) is 0.668. The molecule has 0 aromatic rings. The van der Waals surface area contributed by atoms with E-state index in [0.29, 0.717) is 0 Å². The van der Waals surface area contributed by atoms with Gasteiger partial charge >= 0.3 is 0 Å². The lowest BCUT2D eigenvalue weighted by Gasteiger charge is -2.63. The number of ether oxygens (including phenoxy) is 2. The van der Waals surface area contributed by atoms with E-state index in [-0.39, 0.29) is 48.5 Å². The fourth-order valence-electron chi connectivity index (χ4n) is 3.51. The molecule has 17 heavy (non-hydrogen) atoms. The number of aliphatic hydroxyl groups is 1. The van der Waals surface area contributed by atoms with E-state index in [9.17, 15) is 9.90 Å². The Morgan fingerprint density at radius 2 is 2.12 bits per heavy atom. The molecule has 3 heterocycles. The van der Waals surface area contributed by atoms with Gasteiger partial charge in [0, 0.05) is 6.92 Å². The number of rotatable bonds is 2. The van der Waals surface area contributed by atoms with Crippen LogP contribution in [0.25, 0.3) is 0 Å². The van der Waals surface area contributed by atoms with E-state index in [2.05, 4.69) is 6.92 Å². The number of amides is 1. The SMILES string of the molecule is CCC1(C)[C@@H]2OC(CO)C3OC3C2N1C(C)=O. The first-order valence-electron chi connectivity index (χ1n) is 6.26. The molecule has 0 saturated carbocycles. The van der Waals surface area contributed by atoms with Crippen molar-refractivity contribution in [3.8, 4) is 0 Å². The molecule has 0 aromatic heterocycles. The third kappa shape index (κ3) is 1.27. The first-order valence-corrected chi connectivity index (χ1v) is 6.26. The molecule has 5 nitrogen and oxygen atoms in total. The molecule has 0 bridgehead atoms. The van der Waals surface area contributed by atoms with Crippen molar-refractivity contribution >= 4 is 5.91 Å². The standard InChI is InChI=1S/C12H19NO4/c1-4-12(3)11-8(13(12)6(2)15)10-9(17-10)7(5-14)16-11/h7-11,14H,4-5H2,1-3H3/t7?,8?,9?,10?,11-,12?/m1/s1. The molecule has 0 aromatic carbocycles. The minimum atomic E-state index is -0.249. The second-order valence-corrected chi connectivity index (χ2v) is 5.43. The number of carbonyl (C=O) groups is 1. The van der Waals surface area contributed by atoms with Crippen molar-refractivity contribution in [1.29, 1.82) is 0 Å². The Labute approximate surface area is 101 Å². The molecule has 0 radical (unpaired) electrons. The Morgan fingerprint density at radius 3 is 2.65 bits per heavy atom. The van der Waals surface area contributed by atoms with Crippen molar-refractivity contribution in [2.45, 2.75) is 63.2 Å². The smallest absolute Gasteiger partial charge is 0.220 e. The summed E-state index contributed by atoms with van der Waals surface area (Å²) in [6, 6.07) is 0.0465. The van der Waals surface area contributed by atoms with E-state index in [1.807, 2.05) is 11.8 Å². The van der Waals surface area contributed by atoms with Gasteiger partial charge in [-0.05, 0) is 13.3 Å². The van der Waals surface area contributed by atoms with E-state index < -0.39 is 0 Å². The van der Waals surface area contributed by atoms with Crippen LogP contribution in [-0.4, -0.2) is 58.5 Å². The third-order valence-electron chi connectivity index (χ3n) is 4.59. The summed E-state index contributed by atoms with van der Waals surface area (Å²) in [4.78, 5) is 13.6. The summed E-state index contributed by atoms with van der Waals surface area (Å²) < 4.78 is 11.5. The molecule has 3 saturated heterocycles. The molecule has 1 N–H and O–H groups in total. The Kier molecular flexibility index (Phi) is 2.31. The second-order valence-electron chi connectivity index (χ2n) is 5.43. The number of epoxide rings is 1. The van der Waals surface area contributed by atoms with Gasteiger partial charge in [0.05, 0.1) is 18.2 Å². The molecular formula is C12H19NO4. The highest BCUT2D eigenvalue weighted by Gasteiger charge is 2.71. The lowest BCUT2D eigenvalue weighted by molar-refractivity contribution is -0.236. The Bertz CT molecular complexity index is 360. The Morgan fingerprint density at radius 1 is 1.41 bits per heavy atom. The minimum absolute atomic E-state index is 0.00250. The van der Waals surface area contributed by atoms with Crippen LogP contribution in [0.5, 0.6) is 0 Å². The van der Waals surface area contributed by atoms with Crippen molar-refractivity contribution in [1.82, 2.24) is 4.90 Å². The van der Waals surface area contributed by atoms with Crippen LogP contribution in [0.4, 0.5) is 0 Å². The van der Waals surface area contributed by atoms with Gasteiger partial charge in [-0.2, -0.15) is 0 Å². The summed E-state index contributed by atoms with van der Waals surface area (Å²) in [5.74, 6) is 0.0795. The zero-order chi connectivity index (χ0) is 12.4. The normalized spacial score (nSPS) is 51.3. The minimum Gasteiger partial charge on any atom is -0.394 e. The van der Waals surface area contributed by atoms with Crippen molar-refractivity contribution in [3.05, 3.63) is 0 Å². The van der Waals surface area contributed by atoms with Crippen LogP contribution in [0.3, 0.4) is 0 Å². The summed E-state index contributed by atoms with van der Waals surface area (Å²) in [6.45, 7) is 5.69. The maximum Gasteiger partial charge on any atom is 0.220 e. The Hall–Kier alpha value is -0.650. The van der Waals surface area contributed by atoms with Gasteiger partial charge in [-0.1, -0.05) is 6.92 Å². The van der Waals surface area contributed by atoms with Crippen molar-refractivity contribution in [2.75, 3.05) is 6.61 Å². The molecule has 5 unspecified atom stereocenters. The maximum atomic E-state index is 11.7. The predicted molar refractivity (Wildman–Crippen MR) is 59.4 cm³/mol. The monoisotopic (exact) mass is 241 g/mol. The van der Waals surface area contributed by atoms with E-state index in [1.165, 1.54) is 0 Å².